The van der Waals surface area contributed by atoms with Crippen LogP contribution in [0.3, 0.4) is 0 Å². The second kappa shape index (κ2) is 5.74. The van der Waals surface area contributed by atoms with Crippen molar-refractivity contribution in [2.24, 2.45) is 0 Å². The van der Waals surface area contributed by atoms with Gasteiger partial charge in [0.05, 0.1) is 0 Å². The third kappa shape index (κ3) is 3.36. The average molecular weight is 253 g/mol. The Balaban J connectivity index is 2.17. The maximum Gasteiger partial charge on any atom is 0.0426 e. The molecule has 0 bridgehead atoms. The van der Waals surface area contributed by atoms with Crippen molar-refractivity contribution in [2.45, 2.75) is 39.3 Å². The maximum absolute atomic E-state index is 6.11. The number of hydrogen-bond acceptors (Lipinski definition) is 2. The van der Waals surface area contributed by atoms with Gasteiger partial charge in [0.25, 0.3) is 0 Å². The molecule has 2 rings (SSSR count). The Labute approximate surface area is 109 Å². The fraction of sp³-hybridized carbons (Fsp3) is 0.571. The number of anilines is 1. The lowest BCUT2D eigenvalue weighted by Crippen LogP contribution is -2.25. The van der Waals surface area contributed by atoms with Gasteiger partial charge in [0.15, 0.2) is 0 Å². The molecule has 0 unspecified atom stereocenters. The van der Waals surface area contributed by atoms with Crippen molar-refractivity contribution in [3.8, 4) is 0 Å². The molecule has 0 aliphatic carbocycles. The molecule has 1 saturated heterocycles. The summed E-state index contributed by atoms with van der Waals surface area (Å²) < 4.78 is 0. The van der Waals surface area contributed by atoms with Gasteiger partial charge in [0, 0.05) is 36.4 Å². The number of nitrogens with one attached hydrogen (secondary N) is 1. The monoisotopic (exact) mass is 252 g/mol. The van der Waals surface area contributed by atoms with Gasteiger partial charge < -0.3 is 10.2 Å². The second-order valence-electron chi connectivity index (χ2n) is 5.00. The molecule has 0 aromatic heterocycles. The van der Waals surface area contributed by atoms with Crippen LogP contribution in [0.5, 0.6) is 0 Å². The van der Waals surface area contributed by atoms with Crippen LogP contribution in [-0.2, 0) is 6.54 Å². The number of halogens is 1. The van der Waals surface area contributed by atoms with Crippen LogP contribution in [0.1, 0.15) is 32.3 Å². The molecule has 0 amide bonds. The van der Waals surface area contributed by atoms with Crippen LogP contribution in [-0.4, -0.2) is 19.1 Å². The van der Waals surface area contributed by atoms with E-state index in [1.165, 1.54) is 24.1 Å². The van der Waals surface area contributed by atoms with Crippen LogP contribution in [0.4, 0.5) is 5.69 Å². The topological polar surface area (TPSA) is 15.3 Å². The normalized spacial score (nSPS) is 15.9. The summed E-state index contributed by atoms with van der Waals surface area (Å²) in [6, 6.07) is 6.74. The maximum atomic E-state index is 6.11. The summed E-state index contributed by atoms with van der Waals surface area (Å²) in [7, 11) is 0. The van der Waals surface area contributed by atoms with Gasteiger partial charge in [-0.25, -0.2) is 0 Å². The summed E-state index contributed by atoms with van der Waals surface area (Å²) in [5.41, 5.74) is 2.66. The van der Waals surface area contributed by atoms with Gasteiger partial charge in [-0.2, -0.15) is 0 Å². The predicted octanol–water partition coefficient (Wildman–Crippen LogP) is 3.44. The van der Waals surface area contributed by atoms with Crippen molar-refractivity contribution in [2.75, 3.05) is 18.0 Å². The van der Waals surface area contributed by atoms with E-state index < -0.39 is 0 Å². The third-order valence-corrected chi connectivity index (χ3v) is 3.43. The van der Waals surface area contributed by atoms with Crippen molar-refractivity contribution in [1.82, 2.24) is 5.32 Å². The summed E-state index contributed by atoms with van der Waals surface area (Å²) in [5.74, 6) is 0. The summed E-state index contributed by atoms with van der Waals surface area (Å²) >= 11 is 6.11. The number of benzene rings is 1. The van der Waals surface area contributed by atoms with Crippen molar-refractivity contribution in [3.63, 3.8) is 0 Å². The summed E-state index contributed by atoms with van der Waals surface area (Å²) in [6.45, 7) is 7.58. The lowest BCUT2D eigenvalue weighted by atomic mass is 10.1. The fourth-order valence-corrected chi connectivity index (χ4v) is 2.42. The van der Waals surface area contributed by atoms with Gasteiger partial charge in [0.1, 0.15) is 0 Å². The molecule has 1 N–H and O–H groups in total. The Morgan fingerprint density at radius 2 is 2.00 bits per heavy atom. The van der Waals surface area contributed by atoms with E-state index in [1.807, 2.05) is 6.07 Å². The van der Waals surface area contributed by atoms with Crippen molar-refractivity contribution in [1.29, 1.82) is 0 Å². The van der Waals surface area contributed by atoms with E-state index in [1.54, 1.807) is 0 Å². The SMILES string of the molecule is CC(C)NCc1ccc(Cl)cc1N1CCCC1. The molecule has 1 aromatic rings. The predicted molar refractivity (Wildman–Crippen MR) is 74.9 cm³/mol. The van der Waals surface area contributed by atoms with E-state index in [9.17, 15) is 0 Å². The molecule has 2 nitrogen and oxygen atoms in total. The first-order valence-corrected chi connectivity index (χ1v) is 6.81. The molecule has 0 spiro atoms. The van der Waals surface area contributed by atoms with E-state index in [0.717, 1.165) is 24.7 Å². The number of rotatable bonds is 4. The first kappa shape index (κ1) is 12.7. The zero-order chi connectivity index (χ0) is 12.3. The van der Waals surface area contributed by atoms with E-state index in [4.69, 9.17) is 11.6 Å². The smallest absolute Gasteiger partial charge is 0.0426 e. The molecule has 0 radical (unpaired) electrons. The minimum atomic E-state index is 0.511. The van der Waals surface area contributed by atoms with Crippen LogP contribution in [0.15, 0.2) is 18.2 Å². The lowest BCUT2D eigenvalue weighted by molar-refractivity contribution is 0.588. The lowest BCUT2D eigenvalue weighted by Gasteiger charge is -2.22. The van der Waals surface area contributed by atoms with Crippen LogP contribution in [0.25, 0.3) is 0 Å². The quantitative estimate of drug-likeness (QED) is 0.883. The van der Waals surface area contributed by atoms with Crippen LogP contribution in [0, 0.1) is 0 Å². The molecular weight excluding hydrogens is 232 g/mol. The summed E-state index contributed by atoms with van der Waals surface area (Å²) in [6.07, 6.45) is 2.59. The second-order valence-corrected chi connectivity index (χ2v) is 5.44. The fourth-order valence-electron chi connectivity index (χ4n) is 2.25. The Kier molecular flexibility index (Phi) is 4.30. The summed E-state index contributed by atoms with van der Waals surface area (Å²) in [5, 5.41) is 4.31. The Morgan fingerprint density at radius 3 is 2.65 bits per heavy atom. The molecular formula is C14H21ClN2. The Bertz CT molecular complexity index is 370. The number of hydrogen-bond donors (Lipinski definition) is 1. The minimum Gasteiger partial charge on any atom is -0.371 e. The van der Waals surface area contributed by atoms with E-state index in [0.29, 0.717) is 6.04 Å². The first-order chi connectivity index (χ1) is 8.16. The van der Waals surface area contributed by atoms with Gasteiger partial charge in [0.2, 0.25) is 0 Å². The van der Waals surface area contributed by atoms with E-state index in [-0.39, 0.29) is 0 Å². The van der Waals surface area contributed by atoms with Crippen LogP contribution < -0.4 is 10.2 Å². The van der Waals surface area contributed by atoms with E-state index in [2.05, 4.69) is 36.2 Å². The van der Waals surface area contributed by atoms with Gasteiger partial charge >= 0.3 is 0 Å². The molecule has 1 aliphatic rings. The van der Waals surface area contributed by atoms with Crippen molar-refractivity contribution >= 4 is 17.3 Å². The standard InChI is InChI=1S/C14H21ClN2/c1-11(2)16-10-12-5-6-13(15)9-14(12)17-7-3-4-8-17/h5-6,9,11,16H,3-4,7-8,10H2,1-2H3. The molecule has 1 aliphatic heterocycles. The first-order valence-electron chi connectivity index (χ1n) is 6.43. The molecule has 1 fully saturated rings. The highest BCUT2D eigenvalue weighted by molar-refractivity contribution is 6.30. The van der Waals surface area contributed by atoms with Gasteiger partial charge in [-0.05, 0) is 30.5 Å². The zero-order valence-electron chi connectivity index (χ0n) is 10.7. The Morgan fingerprint density at radius 1 is 1.29 bits per heavy atom. The van der Waals surface area contributed by atoms with Gasteiger partial charge in [-0.1, -0.05) is 31.5 Å². The summed E-state index contributed by atoms with van der Waals surface area (Å²) in [4.78, 5) is 2.45. The largest absolute Gasteiger partial charge is 0.371 e. The molecule has 1 aromatic carbocycles. The molecule has 94 valence electrons. The molecule has 1 heterocycles. The zero-order valence-corrected chi connectivity index (χ0v) is 11.4. The number of nitrogens with zero attached hydrogens (tertiary/aromatic N) is 1. The van der Waals surface area contributed by atoms with Crippen LogP contribution in [0.2, 0.25) is 5.02 Å². The molecule has 17 heavy (non-hydrogen) atoms. The average Bonchev–Trinajstić information content (AvgIpc) is 2.80. The van der Waals surface area contributed by atoms with E-state index >= 15 is 0 Å². The highest BCUT2D eigenvalue weighted by Crippen LogP contribution is 2.27. The Hall–Kier alpha value is -0.730. The highest BCUT2D eigenvalue weighted by Gasteiger charge is 2.16. The van der Waals surface area contributed by atoms with Crippen LogP contribution >= 0.6 is 11.6 Å². The van der Waals surface area contributed by atoms with Crippen molar-refractivity contribution in [3.05, 3.63) is 28.8 Å². The molecule has 0 saturated carbocycles. The van der Waals surface area contributed by atoms with Gasteiger partial charge in [-0.15, -0.1) is 0 Å². The van der Waals surface area contributed by atoms with Gasteiger partial charge in [-0.3, -0.25) is 0 Å². The minimum absolute atomic E-state index is 0.511. The highest BCUT2D eigenvalue weighted by atomic mass is 35.5. The third-order valence-electron chi connectivity index (χ3n) is 3.19. The molecule has 3 heteroatoms. The van der Waals surface area contributed by atoms with Crippen molar-refractivity contribution < 1.29 is 0 Å². The molecule has 0 atom stereocenters.